The van der Waals surface area contributed by atoms with Crippen LogP contribution in [0.2, 0.25) is 0 Å². The molecule has 1 aliphatic carbocycles. The molecule has 2 unspecified atom stereocenters. The van der Waals surface area contributed by atoms with Crippen LogP contribution < -0.4 is 10.6 Å². The Morgan fingerprint density at radius 1 is 1.04 bits per heavy atom. The molecule has 2 atom stereocenters. The van der Waals surface area contributed by atoms with Crippen molar-refractivity contribution in [1.29, 1.82) is 0 Å². The van der Waals surface area contributed by atoms with Gasteiger partial charge in [-0.05, 0) is 43.7 Å². The number of carbonyl (C=O) groups is 3. The highest BCUT2D eigenvalue weighted by atomic mass is 19.1. The Labute approximate surface area is 155 Å². The van der Waals surface area contributed by atoms with Crippen LogP contribution in [0.1, 0.15) is 23.7 Å². The van der Waals surface area contributed by atoms with Gasteiger partial charge in [-0.25, -0.2) is 9.18 Å². The first-order chi connectivity index (χ1) is 13.0. The number of halogens is 1. The van der Waals surface area contributed by atoms with Gasteiger partial charge < -0.3 is 15.4 Å². The van der Waals surface area contributed by atoms with Gasteiger partial charge in [0.1, 0.15) is 5.82 Å². The molecule has 2 aromatic carbocycles. The minimum atomic E-state index is -0.524. The van der Waals surface area contributed by atoms with Crippen molar-refractivity contribution in [1.82, 2.24) is 0 Å². The number of nitrogens with one attached hydrogen (secondary N) is 2. The fourth-order valence-electron chi connectivity index (χ4n) is 2.78. The van der Waals surface area contributed by atoms with E-state index in [1.54, 1.807) is 37.3 Å². The molecule has 2 aromatic rings. The van der Waals surface area contributed by atoms with Gasteiger partial charge in [-0.1, -0.05) is 18.2 Å². The largest absolute Gasteiger partial charge is 0.462 e. The summed E-state index contributed by atoms with van der Waals surface area (Å²) in [5.41, 5.74) is 0.949. The Balaban J connectivity index is 1.61. The molecule has 0 radical (unpaired) electrons. The second kappa shape index (κ2) is 7.99. The summed E-state index contributed by atoms with van der Waals surface area (Å²) < 4.78 is 18.2. The lowest BCUT2D eigenvalue weighted by molar-refractivity contribution is -0.122. The van der Waals surface area contributed by atoms with Crippen LogP contribution in [0.4, 0.5) is 15.8 Å². The maximum absolute atomic E-state index is 13.2. The third-order valence-electron chi connectivity index (χ3n) is 4.24. The molecule has 0 aromatic heterocycles. The first kappa shape index (κ1) is 18.6. The van der Waals surface area contributed by atoms with Crippen molar-refractivity contribution in [2.45, 2.75) is 13.3 Å². The Kier molecular flexibility index (Phi) is 5.49. The number of benzene rings is 2. The van der Waals surface area contributed by atoms with E-state index in [1.807, 2.05) is 0 Å². The molecule has 3 rings (SSSR count). The van der Waals surface area contributed by atoms with Crippen molar-refractivity contribution in [3.8, 4) is 0 Å². The number of hydrogen-bond donors (Lipinski definition) is 2. The summed E-state index contributed by atoms with van der Waals surface area (Å²) in [5, 5.41) is 5.30. The maximum Gasteiger partial charge on any atom is 0.340 e. The molecule has 27 heavy (non-hydrogen) atoms. The van der Waals surface area contributed by atoms with Crippen LogP contribution in [-0.4, -0.2) is 24.4 Å². The number of esters is 1. The molecule has 0 aliphatic heterocycles. The molecule has 0 spiro atoms. The van der Waals surface area contributed by atoms with Gasteiger partial charge in [0.25, 0.3) is 0 Å². The summed E-state index contributed by atoms with van der Waals surface area (Å²) in [6, 6.07) is 12.1. The first-order valence-corrected chi connectivity index (χ1v) is 8.63. The van der Waals surface area contributed by atoms with Crippen molar-refractivity contribution in [2.75, 3.05) is 17.2 Å². The highest BCUT2D eigenvalue weighted by Gasteiger charge is 2.48. The van der Waals surface area contributed by atoms with E-state index in [2.05, 4.69) is 10.6 Å². The van der Waals surface area contributed by atoms with Gasteiger partial charge in [0.2, 0.25) is 11.8 Å². The Hall–Kier alpha value is -3.22. The Bertz CT molecular complexity index is 884. The van der Waals surface area contributed by atoms with Crippen LogP contribution in [0.25, 0.3) is 0 Å². The van der Waals surface area contributed by atoms with Crippen LogP contribution in [0.5, 0.6) is 0 Å². The van der Waals surface area contributed by atoms with Crippen molar-refractivity contribution >= 4 is 29.2 Å². The summed E-state index contributed by atoms with van der Waals surface area (Å²) in [6.07, 6.45) is 0.397. The number of anilines is 2. The number of ether oxygens (including phenoxy) is 1. The van der Waals surface area contributed by atoms with Crippen LogP contribution in [-0.2, 0) is 14.3 Å². The predicted molar refractivity (Wildman–Crippen MR) is 97.7 cm³/mol. The van der Waals surface area contributed by atoms with Gasteiger partial charge in [0.05, 0.1) is 29.7 Å². The highest BCUT2D eigenvalue weighted by Crippen LogP contribution is 2.40. The molecule has 2 N–H and O–H groups in total. The maximum atomic E-state index is 13.2. The van der Waals surface area contributed by atoms with Crippen molar-refractivity contribution in [3.63, 3.8) is 0 Å². The zero-order valence-corrected chi connectivity index (χ0v) is 14.7. The Morgan fingerprint density at radius 3 is 2.44 bits per heavy atom. The lowest BCUT2D eigenvalue weighted by Crippen LogP contribution is -2.21. The van der Waals surface area contributed by atoms with E-state index >= 15 is 0 Å². The normalized spacial score (nSPS) is 17.7. The second-order valence-electron chi connectivity index (χ2n) is 6.20. The van der Waals surface area contributed by atoms with E-state index < -0.39 is 23.6 Å². The number of hydrogen-bond acceptors (Lipinski definition) is 4. The lowest BCUT2D eigenvalue weighted by Gasteiger charge is -2.10. The molecule has 0 bridgehead atoms. The van der Waals surface area contributed by atoms with Gasteiger partial charge in [-0.3, -0.25) is 9.59 Å². The first-order valence-electron chi connectivity index (χ1n) is 8.63. The van der Waals surface area contributed by atoms with Gasteiger partial charge >= 0.3 is 5.97 Å². The standard InChI is InChI=1S/C20H19FN2O4/c1-2-27-20(26)14-8-3-4-9-17(14)23-19(25)16-11-15(16)18(24)22-13-7-5-6-12(21)10-13/h3-10,15-16H,2,11H2,1H3,(H,22,24)(H,23,25). The van der Waals surface area contributed by atoms with Gasteiger partial charge in [-0.15, -0.1) is 0 Å². The molecule has 7 heteroatoms. The second-order valence-corrected chi connectivity index (χ2v) is 6.20. The molecule has 6 nitrogen and oxygen atoms in total. The predicted octanol–water partition coefficient (Wildman–Crippen LogP) is 3.22. The fourth-order valence-corrected chi connectivity index (χ4v) is 2.78. The third-order valence-corrected chi connectivity index (χ3v) is 4.24. The lowest BCUT2D eigenvalue weighted by atomic mass is 10.1. The van der Waals surface area contributed by atoms with E-state index in [0.29, 0.717) is 17.8 Å². The summed E-state index contributed by atoms with van der Waals surface area (Å²) in [7, 11) is 0. The summed E-state index contributed by atoms with van der Waals surface area (Å²) >= 11 is 0. The van der Waals surface area contributed by atoms with E-state index in [-0.39, 0.29) is 24.0 Å². The number of carbonyl (C=O) groups excluding carboxylic acids is 3. The summed E-state index contributed by atoms with van der Waals surface area (Å²) in [5.74, 6) is -2.62. The van der Waals surface area contributed by atoms with Crippen LogP contribution in [0, 0.1) is 17.7 Å². The van der Waals surface area contributed by atoms with E-state index in [1.165, 1.54) is 18.2 Å². The van der Waals surface area contributed by atoms with Crippen molar-refractivity contribution in [3.05, 3.63) is 59.9 Å². The smallest absolute Gasteiger partial charge is 0.340 e. The quantitative estimate of drug-likeness (QED) is 0.765. The number of amides is 2. The van der Waals surface area contributed by atoms with Crippen molar-refractivity contribution < 1.29 is 23.5 Å². The van der Waals surface area contributed by atoms with Gasteiger partial charge in [-0.2, -0.15) is 0 Å². The highest BCUT2D eigenvalue weighted by molar-refractivity contribution is 6.06. The number of rotatable bonds is 6. The average Bonchev–Trinajstić information content (AvgIpc) is 3.43. The Morgan fingerprint density at radius 2 is 1.74 bits per heavy atom. The summed E-state index contributed by atoms with van der Waals surface area (Å²) in [6.45, 7) is 1.93. The van der Waals surface area contributed by atoms with E-state index in [9.17, 15) is 18.8 Å². The topological polar surface area (TPSA) is 84.5 Å². The molecule has 140 valence electrons. The third kappa shape index (κ3) is 4.49. The van der Waals surface area contributed by atoms with Crippen LogP contribution >= 0.6 is 0 Å². The minimum absolute atomic E-state index is 0.228. The number of para-hydroxylation sites is 1. The van der Waals surface area contributed by atoms with Crippen LogP contribution in [0.15, 0.2) is 48.5 Å². The van der Waals surface area contributed by atoms with Gasteiger partial charge in [0.15, 0.2) is 0 Å². The molecule has 2 amide bonds. The molecular weight excluding hydrogens is 351 g/mol. The SMILES string of the molecule is CCOC(=O)c1ccccc1NC(=O)C1CC1C(=O)Nc1cccc(F)c1. The molecular formula is C20H19FN2O4. The molecule has 0 heterocycles. The zero-order valence-electron chi connectivity index (χ0n) is 14.7. The minimum Gasteiger partial charge on any atom is -0.462 e. The van der Waals surface area contributed by atoms with E-state index in [0.717, 1.165) is 0 Å². The summed E-state index contributed by atoms with van der Waals surface area (Å²) in [4.78, 5) is 36.6. The van der Waals surface area contributed by atoms with E-state index in [4.69, 9.17) is 4.74 Å². The van der Waals surface area contributed by atoms with Crippen LogP contribution in [0.3, 0.4) is 0 Å². The van der Waals surface area contributed by atoms with Crippen molar-refractivity contribution in [2.24, 2.45) is 11.8 Å². The molecule has 1 fully saturated rings. The molecule has 0 saturated heterocycles. The monoisotopic (exact) mass is 370 g/mol. The zero-order chi connectivity index (χ0) is 19.4. The molecule has 1 saturated carbocycles. The average molecular weight is 370 g/mol. The van der Waals surface area contributed by atoms with Gasteiger partial charge in [0, 0.05) is 5.69 Å². The fraction of sp³-hybridized carbons (Fsp3) is 0.250. The molecule has 1 aliphatic rings.